The summed E-state index contributed by atoms with van der Waals surface area (Å²) in [5.74, 6) is -0.772. The summed E-state index contributed by atoms with van der Waals surface area (Å²) in [6.45, 7) is 7.07. The maximum Gasteiger partial charge on any atom is 0.311 e. The molecule has 0 saturated carbocycles. The van der Waals surface area contributed by atoms with Crippen LogP contribution < -0.4 is 5.73 Å². The van der Waals surface area contributed by atoms with Gasteiger partial charge in [0, 0.05) is 19.6 Å². The molecule has 0 aliphatic carbocycles. The topological polar surface area (TPSA) is 83.6 Å². The number of carbonyl (C=O) groups is 2. The van der Waals surface area contributed by atoms with Crippen LogP contribution in [0.1, 0.15) is 52.9 Å². The van der Waals surface area contributed by atoms with Crippen molar-refractivity contribution in [1.29, 1.82) is 0 Å². The molecule has 1 fully saturated rings. The Morgan fingerprint density at radius 2 is 2.05 bits per heavy atom. The summed E-state index contributed by atoms with van der Waals surface area (Å²) < 4.78 is 0. The van der Waals surface area contributed by atoms with E-state index in [1.165, 1.54) is 0 Å². The molecular formula is C15H28N2O3. The molecule has 0 spiro atoms. The summed E-state index contributed by atoms with van der Waals surface area (Å²) in [5.41, 5.74) is 4.40. The second-order valence-corrected chi connectivity index (χ2v) is 6.28. The van der Waals surface area contributed by atoms with Crippen molar-refractivity contribution >= 4 is 11.9 Å². The number of piperidine rings is 1. The lowest BCUT2D eigenvalue weighted by molar-refractivity contribution is -0.158. The highest BCUT2D eigenvalue weighted by molar-refractivity contribution is 5.84. The van der Waals surface area contributed by atoms with Gasteiger partial charge in [-0.3, -0.25) is 9.59 Å². The van der Waals surface area contributed by atoms with E-state index in [4.69, 9.17) is 5.73 Å². The van der Waals surface area contributed by atoms with Gasteiger partial charge in [0.15, 0.2) is 0 Å². The predicted octanol–water partition coefficient (Wildman–Crippen LogP) is 1.85. The normalized spacial score (nSPS) is 26.1. The first-order valence-corrected chi connectivity index (χ1v) is 7.58. The number of hydrogen-bond acceptors (Lipinski definition) is 3. The molecular weight excluding hydrogens is 256 g/mol. The van der Waals surface area contributed by atoms with Gasteiger partial charge in [0.2, 0.25) is 5.91 Å². The molecule has 1 amide bonds. The molecule has 1 rings (SSSR count). The quantitative estimate of drug-likeness (QED) is 0.779. The van der Waals surface area contributed by atoms with Crippen LogP contribution in [0.2, 0.25) is 0 Å². The predicted molar refractivity (Wildman–Crippen MR) is 78.2 cm³/mol. The van der Waals surface area contributed by atoms with Crippen molar-refractivity contribution in [1.82, 2.24) is 4.90 Å². The SMILES string of the molecule is CCCC1(C(=O)O)CCCN(C(=O)C(C)(CC)CN)C1. The minimum absolute atomic E-state index is 0.00364. The first kappa shape index (κ1) is 17.0. The van der Waals surface area contributed by atoms with Gasteiger partial charge >= 0.3 is 5.97 Å². The third kappa shape index (κ3) is 3.14. The van der Waals surface area contributed by atoms with E-state index in [0.717, 1.165) is 12.8 Å². The maximum atomic E-state index is 12.6. The van der Waals surface area contributed by atoms with Crippen LogP contribution in [-0.4, -0.2) is 41.5 Å². The third-order valence-electron chi connectivity index (χ3n) is 4.79. The fourth-order valence-corrected chi connectivity index (χ4v) is 3.03. The summed E-state index contributed by atoms with van der Waals surface area (Å²) in [5, 5.41) is 9.57. The summed E-state index contributed by atoms with van der Waals surface area (Å²) in [4.78, 5) is 26.0. The molecule has 1 aliphatic rings. The zero-order valence-corrected chi connectivity index (χ0v) is 12.9. The molecule has 2 unspecified atom stereocenters. The van der Waals surface area contributed by atoms with Gasteiger partial charge < -0.3 is 15.7 Å². The van der Waals surface area contributed by atoms with Gasteiger partial charge in [-0.15, -0.1) is 0 Å². The van der Waals surface area contributed by atoms with Gasteiger partial charge in [-0.2, -0.15) is 0 Å². The largest absolute Gasteiger partial charge is 0.481 e. The van der Waals surface area contributed by atoms with Crippen LogP contribution in [-0.2, 0) is 9.59 Å². The molecule has 1 heterocycles. The van der Waals surface area contributed by atoms with E-state index < -0.39 is 16.8 Å². The molecule has 20 heavy (non-hydrogen) atoms. The number of likely N-dealkylation sites (tertiary alicyclic amines) is 1. The van der Waals surface area contributed by atoms with E-state index in [9.17, 15) is 14.7 Å². The average molecular weight is 284 g/mol. The van der Waals surface area contributed by atoms with Crippen LogP contribution in [0, 0.1) is 10.8 Å². The molecule has 3 N–H and O–H groups in total. The van der Waals surface area contributed by atoms with E-state index in [-0.39, 0.29) is 5.91 Å². The number of amides is 1. The number of carbonyl (C=O) groups excluding carboxylic acids is 1. The smallest absolute Gasteiger partial charge is 0.311 e. The lowest BCUT2D eigenvalue weighted by Gasteiger charge is -2.43. The standard InChI is InChI=1S/C15H28N2O3/c1-4-7-15(13(19)20)8-6-9-17(11-15)12(18)14(3,5-2)10-16/h4-11,16H2,1-3H3,(H,19,20). The Hall–Kier alpha value is -1.10. The van der Waals surface area contributed by atoms with Crippen LogP contribution in [0.25, 0.3) is 0 Å². The van der Waals surface area contributed by atoms with Crippen LogP contribution in [0.5, 0.6) is 0 Å². The van der Waals surface area contributed by atoms with Crippen molar-refractivity contribution in [2.45, 2.75) is 52.9 Å². The number of carboxylic acids is 1. The zero-order valence-electron chi connectivity index (χ0n) is 12.9. The van der Waals surface area contributed by atoms with Gasteiger partial charge in [-0.05, 0) is 32.6 Å². The van der Waals surface area contributed by atoms with E-state index >= 15 is 0 Å². The summed E-state index contributed by atoms with van der Waals surface area (Å²) >= 11 is 0. The Balaban J connectivity index is 2.93. The summed E-state index contributed by atoms with van der Waals surface area (Å²) in [7, 11) is 0. The van der Waals surface area contributed by atoms with Crippen molar-refractivity contribution in [2.75, 3.05) is 19.6 Å². The van der Waals surface area contributed by atoms with E-state index in [1.807, 2.05) is 20.8 Å². The van der Waals surface area contributed by atoms with Crippen molar-refractivity contribution in [2.24, 2.45) is 16.6 Å². The van der Waals surface area contributed by atoms with Crippen molar-refractivity contribution in [3.8, 4) is 0 Å². The number of aliphatic carboxylic acids is 1. The highest BCUT2D eigenvalue weighted by Gasteiger charge is 2.45. The number of carboxylic acid groups (broad SMARTS) is 1. The van der Waals surface area contributed by atoms with Crippen LogP contribution in [0.15, 0.2) is 0 Å². The van der Waals surface area contributed by atoms with E-state index in [2.05, 4.69) is 0 Å². The van der Waals surface area contributed by atoms with Gasteiger partial charge in [-0.25, -0.2) is 0 Å². The molecule has 5 heteroatoms. The second kappa shape index (κ2) is 6.57. The molecule has 2 atom stereocenters. The van der Waals surface area contributed by atoms with Gasteiger partial charge in [0.05, 0.1) is 10.8 Å². The molecule has 116 valence electrons. The molecule has 0 aromatic carbocycles. The highest BCUT2D eigenvalue weighted by Crippen LogP contribution is 2.37. The van der Waals surface area contributed by atoms with Crippen molar-refractivity contribution in [3.63, 3.8) is 0 Å². The number of nitrogens with two attached hydrogens (primary N) is 1. The number of hydrogen-bond donors (Lipinski definition) is 2. The Labute approximate surface area is 121 Å². The van der Waals surface area contributed by atoms with Crippen LogP contribution in [0.4, 0.5) is 0 Å². The zero-order chi connectivity index (χ0) is 15.4. The van der Waals surface area contributed by atoms with Crippen LogP contribution >= 0.6 is 0 Å². The van der Waals surface area contributed by atoms with Crippen molar-refractivity contribution in [3.05, 3.63) is 0 Å². The van der Waals surface area contributed by atoms with E-state index in [0.29, 0.717) is 38.9 Å². The first-order valence-electron chi connectivity index (χ1n) is 7.58. The number of rotatable bonds is 6. The Morgan fingerprint density at radius 1 is 1.40 bits per heavy atom. The Kier molecular flexibility index (Phi) is 5.57. The summed E-state index contributed by atoms with van der Waals surface area (Å²) in [6, 6.07) is 0. The highest BCUT2D eigenvalue weighted by atomic mass is 16.4. The summed E-state index contributed by atoms with van der Waals surface area (Å²) in [6.07, 6.45) is 3.52. The molecule has 5 nitrogen and oxygen atoms in total. The van der Waals surface area contributed by atoms with Gasteiger partial charge in [-0.1, -0.05) is 20.3 Å². The van der Waals surface area contributed by atoms with E-state index in [1.54, 1.807) is 4.90 Å². The van der Waals surface area contributed by atoms with Gasteiger partial charge in [0.1, 0.15) is 0 Å². The molecule has 0 bridgehead atoms. The number of nitrogens with zero attached hydrogens (tertiary/aromatic N) is 1. The van der Waals surface area contributed by atoms with Crippen molar-refractivity contribution < 1.29 is 14.7 Å². The molecule has 0 aromatic heterocycles. The fourth-order valence-electron chi connectivity index (χ4n) is 3.03. The molecule has 1 aliphatic heterocycles. The fraction of sp³-hybridized carbons (Fsp3) is 0.867. The second-order valence-electron chi connectivity index (χ2n) is 6.28. The van der Waals surface area contributed by atoms with Gasteiger partial charge in [0.25, 0.3) is 0 Å². The van der Waals surface area contributed by atoms with Crippen LogP contribution in [0.3, 0.4) is 0 Å². The molecule has 0 radical (unpaired) electrons. The Bertz CT molecular complexity index is 362. The minimum Gasteiger partial charge on any atom is -0.481 e. The first-order chi connectivity index (χ1) is 9.35. The maximum absolute atomic E-state index is 12.6. The monoisotopic (exact) mass is 284 g/mol. The minimum atomic E-state index is -0.775. The lowest BCUT2D eigenvalue weighted by atomic mass is 9.75. The Morgan fingerprint density at radius 3 is 2.50 bits per heavy atom. The third-order valence-corrected chi connectivity index (χ3v) is 4.79. The lowest BCUT2D eigenvalue weighted by Crippen LogP contribution is -2.54. The molecule has 0 aromatic rings. The molecule has 1 saturated heterocycles. The average Bonchev–Trinajstić information content (AvgIpc) is 2.46.